The molecule has 12 heteroatoms. The molecule has 2 amide bonds. The summed E-state index contributed by atoms with van der Waals surface area (Å²) in [6, 6.07) is 13.2. The van der Waals surface area contributed by atoms with Crippen molar-refractivity contribution in [2.24, 2.45) is 0 Å². The van der Waals surface area contributed by atoms with Crippen LogP contribution in [0.1, 0.15) is 50.5 Å². The predicted molar refractivity (Wildman–Crippen MR) is 144 cm³/mol. The van der Waals surface area contributed by atoms with Gasteiger partial charge in [-0.05, 0) is 81.0 Å². The van der Waals surface area contributed by atoms with Gasteiger partial charge in [0.05, 0.1) is 14.2 Å². The highest BCUT2D eigenvalue weighted by molar-refractivity contribution is 5.89. The van der Waals surface area contributed by atoms with Crippen molar-refractivity contribution in [1.29, 1.82) is 0 Å². The van der Waals surface area contributed by atoms with Gasteiger partial charge in [0.25, 0.3) is 0 Å². The van der Waals surface area contributed by atoms with Crippen molar-refractivity contribution >= 4 is 17.7 Å². The first kappa shape index (κ1) is 30.4. The lowest BCUT2D eigenvalue weighted by atomic mass is 9.64. The van der Waals surface area contributed by atoms with E-state index in [0.717, 1.165) is 43.7 Å². The summed E-state index contributed by atoms with van der Waals surface area (Å²) in [4.78, 5) is 24.3. The Labute approximate surface area is 236 Å². The van der Waals surface area contributed by atoms with Gasteiger partial charge in [-0.1, -0.05) is 18.6 Å². The number of likely N-dealkylation sites (tertiary alicyclic amines) is 1. The molecule has 8 nitrogen and oxygen atoms in total. The number of fused-ring (bicyclic) bond motifs is 1. The molecule has 41 heavy (non-hydrogen) atoms. The van der Waals surface area contributed by atoms with Gasteiger partial charge in [-0.2, -0.15) is 13.2 Å². The Morgan fingerprint density at radius 1 is 1.02 bits per heavy atom. The van der Waals surface area contributed by atoms with Gasteiger partial charge in [-0.15, -0.1) is 0 Å². The number of hydrogen-bond acceptors (Lipinski definition) is 5. The van der Waals surface area contributed by atoms with Gasteiger partial charge in [0, 0.05) is 29.2 Å². The maximum atomic E-state index is 13.5. The number of alkyl halides is 3. The van der Waals surface area contributed by atoms with Crippen LogP contribution in [0.2, 0.25) is 0 Å². The number of hydrogen-bond donors (Lipinski definition) is 3. The number of aliphatic carboxylic acids is 1. The first-order valence-corrected chi connectivity index (χ1v) is 13.6. The fraction of sp³-hybridized carbons (Fsp3) is 0.517. The number of nitrogens with one attached hydrogen (secondary N) is 2. The zero-order chi connectivity index (χ0) is 29.8. The molecule has 1 heterocycles. The summed E-state index contributed by atoms with van der Waals surface area (Å²) >= 11 is 0. The molecular formula is C29H35F4N3O5. The maximum absolute atomic E-state index is 13.5. The highest BCUT2D eigenvalue weighted by atomic mass is 19.4. The summed E-state index contributed by atoms with van der Waals surface area (Å²) in [6.45, 7) is 1.09. The summed E-state index contributed by atoms with van der Waals surface area (Å²) in [5.74, 6) is -1.60. The van der Waals surface area contributed by atoms with Crippen LogP contribution in [0.15, 0.2) is 42.5 Å². The molecule has 0 spiro atoms. The van der Waals surface area contributed by atoms with Gasteiger partial charge in [-0.25, -0.2) is 14.0 Å². The number of benzene rings is 2. The van der Waals surface area contributed by atoms with E-state index in [1.165, 1.54) is 37.0 Å². The molecule has 1 saturated heterocycles. The Morgan fingerprint density at radius 2 is 1.73 bits per heavy atom. The lowest BCUT2D eigenvalue weighted by Crippen LogP contribution is -2.55. The average Bonchev–Trinajstić information content (AvgIpc) is 3.26. The molecule has 0 aromatic heterocycles. The molecule has 224 valence electrons. The molecule has 2 aliphatic carbocycles. The fourth-order valence-electron chi connectivity index (χ4n) is 6.27. The number of carboxylic acid groups (broad SMARTS) is 1. The molecule has 1 aliphatic heterocycles. The summed E-state index contributed by atoms with van der Waals surface area (Å²) in [5.41, 5.74) is 1.82. The predicted octanol–water partition coefficient (Wildman–Crippen LogP) is 5.72. The van der Waals surface area contributed by atoms with Gasteiger partial charge in [0.2, 0.25) is 0 Å². The van der Waals surface area contributed by atoms with Crippen LogP contribution in [0.4, 0.5) is 28.0 Å². The van der Waals surface area contributed by atoms with E-state index in [9.17, 15) is 22.4 Å². The van der Waals surface area contributed by atoms with Gasteiger partial charge >= 0.3 is 18.2 Å². The minimum atomic E-state index is -5.08. The Balaban J connectivity index is 0.000000493. The van der Waals surface area contributed by atoms with E-state index in [4.69, 9.17) is 19.4 Å². The molecule has 5 rings (SSSR count). The number of carboxylic acids is 1. The van der Waals surface area contributed by atoms with Crippen molar-refractivity contribution < 1.29 is 41.7 Å². The number of rotatable bonds is 6. The van der Waals surface area contributed by atoms with Crippen molar-refractivity contribution in [3.63, 3.8) is 0 Å². The smallest absolute Gasteiger partial charge is 0.490 e. The van der Waals surface area contributed by atoms with Crippen molar-refractivity contribution in [2.75, 3.05) is 26.1 Å². The minimum absolute atomic E-state index is 0.0480. The monoisotopic (exact) mass is 581 g/mol. The van der Waals surface area contributed by atoms with Crippen molar-refractivity contribution in [3.05, 3.63) is 53.8 Å². The molecule has 2 saturated carbocycles. The van der Waals surface area contributed by atoms with Gasteiger partial charge < -0.3 is 25.2 Å². The van der Waals surface area contributed by atoms with Gasteiger partial charge in [0.15, 0.2) is 11.5 Å². The number of carbonyl (C=O) groups excluding carboxylic acids is 1. The Morgan fingerprint density at radius 3 is 2.32 bits per heavy atom. The zero-order valence-corrected chi connectivity index (χ0v) is 23.0. The Bertz CT molecular complexity index is 1240. The summed E-state index contributed by atoms with van der Waals surface area (Å²) < 4.78 is 56.3. The lowest BCUT2D eigenvalue weighted by molar-refractivity contribution is -0.192. The number of ether oxygens (including phenoxy) is 2. The van der Waals surface area contributed by atoms with Crippen molar-refractivity contribution in [1.82, 2.24) is 10.2 Å². The van der Waals surface area contributed by atoms with E-state index in [0.29, 0.717) is 17.8 Å². The lowest BCUT2D eigenvalue weighted by Gasteiger charge is -2.48. The minimum Gasteiger partial charge on any atom is -0.493 e. The van der Waals surface area contributed by atoms with Crippen LogP contribution < -0.4 is 20.1 Å². The molecule has 0 radical (unpaired) electrons. The molecule has 3 N–H and O–H groups in total. The van der Waals surface area contributed by atoms with Crippen LogP contribution in [-0.4, -0.2) is 67.1 Å². The second-order valence-corrected chi connectivity index (χ2v) is 10.7. The molecule has 3 fully saturated rings. The number of urea groups is 1. The largest absolute Gasteiger partial charge is 0.493 e. The second kappa shape index (κ2) is 12.5. The van der Waals surface area contributed by atoms with Crippen molar-refractivity contribution in [2.45, 2.75) is 74.7 Å². The van der Waals surface area contributed by atoms with Gasteiger partial charge in [0.1, 0.15) is 5.82 Å². The van der Waals surface area contributed by atoms with Crippen LogP contribution in [0.5, 0.6) is 11.5 Å². The highest BCUT2D eigenvalue weighted by Crippen LogP contribution is 2.52. The van der Waals surface area contributed by atoms with Crippen LogP contribution >= 0.6 is 0 Å². The van der Waals surface area contributed by atoms with Crippen LogP contribution in [0.25, 0.3) is 0 Å². The molecule has 3 atom stereocenters. The van der Waals surface area contributed by atoms with E-state index in [1.807, 2.05) is 6.07 Å². The Kier molecular flexibility index (Phi) is 9.31. The second-order valence-electron chi connectivity index (χ2n) is 10.7. The van der Waals surface area contributed by atoms with Crippen molar-refractivity contribution in [3.8, 4) is 11.5 Å². The SMILES string of the molecule is COc1ccc(C23CCC(NC(=O)Nc4cccc(F)c4)CC2N(C2CCC2)CC3)cc1OC.O=C(O)C(F)(F)F. The van der Waals surface area contributed by atoms with Crippen LogP contribution in [0, 0.1) is 5.82 Å². The number of nitrogens with zero attached hydrogens (tertiary/aromatic N) is 1. The highest BCUT2D eigenvalue weighted by Gasteiger charge is 2.53. The third-order valence-corrected chi connectivity index (χ3v) is 8.46. The van der Waals surface area contributed by atoms with E-state index >= 15 is 0 Å². The quantitative estimate of drug-likeness (QED) is 0.378. The van der Waals surface area contributed by atoms with E-state index < -0.39 is 12.1 Å². The summed E-state index contributed by atoms with van der Waals surface area (Å²) in [5, 5.41) is 13.1. The molecule has 2 aromatic carbocycles. The maximum Gasteiger partial charge on any atom is 0.490 e. The van der Waals surface area contributed by atoms with Gasteiger partial charge in [-0.3, -0.25) is 4.90 Å². The van der Waals surface area contributed by atoms with E-state index in [1.54, 1.807) is 26.4 Å². The molecule has 3 aliphatic rings. The Hall–Kier alpha value is -3.54. The number of halogens is 4. The molecule has 0 bridgehead atoms. The summed E-state index contributed by atoms with van der Waals surface area (Å²) in [6.07, 6.45) is 2.66. The number of carbonyl (C=O) groups is 2. The number of methoxy groups -OCH3 is 2. The topological polar surface area (TPSA) is 100 Å². The third kappa shape index (κ3) is 6.86. The molecule has 3 unspecified atom stereocenters. The number of amides is 2. The average molecular weight is 582 g/mol. The van der Waals surface area contributed by atoms with E-state index in [-0.39, 0.29) is 23.3 Å². The van der Waals surface area contributed by atoms with Crippen LogP contribution in [0.3, 0.4) is 0 Å². The van der Waals surface area contributed by atoms with Crippen LogP contribution in [-0.2, 0) is 10.2 Å². The molecular weight excluding hydrogens is 546 g/mol. The first-order chi connectivity index (χ1) is 19.5. The fourth-order valence-corrected chi connectivity index (χ4v) is 6.27. The first-order valence-electron chi connectivity index (χ1n) is 13.6. The summed E-state index contributed by atoms with van der Waals surface area (Å²) in [7, 11) is 3.35. The van der Waals surface area contributed by atoms with E-state index in [2.05, 4.69) is 27.7 Å². The normalized spacial score (nSPS) is 24.2. The zero-order valence-electron chi connectivity index (χ0n) is 23.0. The third-order valence-electron chi connectivity index (χ3n) is 8.46. The number of anilines is 1. The molecule has 2 aromatic rings. The standard InChI is InChI=1S/C27H34FN3O3.C2HF3O2/c1-33-23-10-9-18(15-24(23)34-2)27-12-11-21(17-25(27)31(14-13-27)22-7-4-8-22)30-26(32)29-20-6-3-5-19(28)16-20;3-2(4,5)1(6)7/h3,5-6,9-10,15-16,21-22,25H,4,7-8,11-14,17H2,1-2H3,(H2,29,30,32);(H,6,7).